The number of hydrogen-bond donors (Lipinski definition) is 0. The van der Waals surface area contributed by atoms with Gasteiger partial charge in [-0.3, -0.25) is 4.98 Å². The molecule has 0 amide bonds. The summed E-state index contributed by atoms with van der Waals surface area (Å²) in [5.41, 5.74) is 4.56. The Hall–Kier alpha value is -1.63. The lowest BCUT2D eigenvalue weighted by atomic mass is 9.80. The van der Waals surface area contributed by atoms with Gasteiger partial charge in [0, 0.05) is 11.9 Å². The third-order valence-electron chi connectivity index (χ3n) is 3.80. The molecule has 0 atom stereocenters. The standard InChI is InChI=1S/C21H29N/c1-20(2,3)16-19-13-18(11-12-22-19)15-21(4,5)14-17-9-7-6-8-10-17/h6-13H,14-16H2,1-5H3. The summed E-state index contributed by atoms with van der Waals surface area (Å²) < 4.78 is 0. The van der Waals surface area contributed by atoms with Crippen LogP contribution in [0.1, 0.15) is 51.4 Å². The van der Waals surface area contributed by atoms with E-state index in [1.807, 2.05) is 6.20 Å². The molecule has 0 unspecified atom stereocenters. The lowest BCUT2D eigenvalue weighted by Crippen LogP contribution is -2.19. The molecule has 0 bridgehead atoms. The fourth-order valence-electron chi connectivity index (χ4n) is 3.04. The SMILES string of the molecule is CC(C)(C)Cc1cc(CC(C)(C)Cc2ccccc2)ccn1. The molecular formula is C21H29N. The maximum atomic E-state index is 4.54. The first-order chi connectivity index (χ1) is 10.2. The van der Waals surface area contributed by atoms with Gasteiger partial charge in [-0.2, -0.15) is 0 Å². The van der Waals surface area contributed by atoms with E-state index < -0.39 is 0 Å². The van der Waals surface area contributed by atoms with Crippen molar-refractivity contribution >= 4 is 0 Å². The molecule has 0 aliphatic carbocycles. The number of pyridine rings is 1. The van der Waals surface area contributed by atoms with E-state index in [4.69, 9.17) is 0 Å². The first kappa shape index (κ1) is 16.7. The Morgan fingerprint density at radius 3 is 2.05 bits per heavy atom. The van der Waals surface area contributed by atoms with Gasteiger partial charge in [0.25, 0.3) is 0 Å². The Balaban J connectivity index is 2.07. The van der Waals surface area contributed by atoms with Gasteiger partial charge >= 0.3 is 0 Å². The molecule has 1 aromatic carbocycles. The Labute approximate surface area is 135 Å². The predicted molar refractivity (Wildman–Crippen MR) is 95.0 cm³/mol. The quantitative estimate of drug-likeness (QED) is 0.711. The first-order valence-corrected chi connectivity index (χ1v) is 8.21. The van der Waals surface area contributed by atoms with E-state index in [0.717, 1.165) is 19.3 Å². The molecule has 2 rings (SSSR count). The second kappa shape index (κ2) is 6.64. The topological polar surface area (TPSA) is 12.9 Å². The highest BCUT2D eigenvalue weighted by molar-refractivity contribution is 5.21. The van der Waals surface area contributed by atoms with Crippen molar-refractivity contribution in [3.05, 3.63) is 65.5 Å². The van der Waals surface area contributed by atoms with Gasteiger partial charge in [0.15, 0.2) is 0 Å². The highest BCUT2D eigenvalue weighted by Gasteiger charge is 2.20. The Morgan fingerprint density at radius 2 is 1.41 bits per heavy atom. The van der Waals surface area contributed by atoms with Gasteiger partial charge in [-0.25, -0.2) is 0 Å². The van der Waals surface area contributed by atoms with E-state index in [-0.39, 0.29) is 10.8 Å². The molecule has 0 spiro atoms. The minimum Gasteiger partial charge on any atom is -0.261 e. The Bertz CT molecular complexity index is 591. The minimum absolute atomic E-state index is 0.252. The van der Waals surface area contributed by atoms with Crippen LogP contribution in [0.25, 0.3) is 0 Å². The van der Waals surface area contributed by atoms with Crippen LogP contribution in [-0.2, 0) is 19.3 Å². The predicted octanol–water partition coefficient (Wildman–Crippen LogP) is 5.48. The molecule has 1 aromatic heterocycles. The largest absolute Gasteiger partial charge is 0.261 e. The molecule has 22 heavy (non-hydrogen) atoms. The molecule has 0 fully saturated rings. The fraction of sp³-hybridized carbons (Fsp3) is 0.476. The zero-order chi connectivity index (χ0) is 16.2. The molecule has 0 saturated carbocycles. The summed E-state index contributed by atoms with van der Waals surface area (Å²) in [4.78, 5) is 4.54. The van der Waals surface area contributed by atoms with Gasteiger partial charge in [-0.05, 0) is 53.4 Å². The Morgan fingerprint density at radius 1 is 0.773 bits per heavy atom. The lowest BCUT2D eigenvalue weighted by Gasteiger charge is -2.25. The highest BCUT2D eigenvalue weighted by atomic mass is 14.7. The molecule has 1 heterocycles. The number of benzene rings is 1. The van der Waals surface area contributed by atoms with Crippen molar-refractivity contribution in [2.75, 3.05) is 0 Å². The summed E-state index contributed by atoms with van der Waals surface area (Å²) in [6.07, 6.45) is 5.18. The van der Waals surface area contributed by atoms with Crippen molar-refractivity contribution in [3.8, 4) is 0 Å². The average Bonchev–Trinajstić information content (AvgIpc) is 2.36. The Kier molecular flexibility index (Phi) is 5.05. The maximum Gasteiger partial charge on any atom is 0.0411 e. The molecule has 0 saturated heterocycles. The van der Waals surface area contributed by atoms with Gasteiger partial charge in [-0.1, -0.05) is 65.0 Å². The highest BCUT2D eigenvalue weighted by Crippen LogP contribution is 2.27. The number of aromatic nitrogens is 1. The summed E-state index contributed by atoms with van der Waals surface area (Å²) >= 11 is 0. The van der Waals surface area contributed by atoms with Gasteiger partial charge < -0.3 is 0 Å². The fourth-order valence-corrected chi connectivity index (χ4v) is 3.04. The van der Waals surface area contributed by atoms with Crippen LogP contribution in [0, 0.1) is 10.8 Å². The molecule has 1 nitrogen and oxygen atoms in total. The van der Waals surface area contributed by atoms with Crippen molar-refractivity contribution in [2.45, 2.75) is 53.9 Å². The van der Waals surface area contributed by atoms with Crippen LogP contribution in [0.2, 0.25) is 0 Å². The van der Waals surface area contributed by atoms with Gasteiger partial charge in [0.2, 0.25) is 0 Å². The van der Waals surface area contributed by atoms with Gasteiger partial charge in [0.1, 0.15) is 0 Å². The van der Waals surface area contributed by atoms with Gasteiger partial charge in [0.05, 0.1) is 0 Å². The molecule has 0 radical (unpaired) electrons. The summed E-state index contributed by atoms with van der Waals surface area (Å²) in [6, 6.07) is 15.2. The third kappa shape index (κ3) is 5.63. The van der Waals surface area contributed by atoms with Crippen LogP contribution in [0.4, 0.5) is 0 Å². The van der Waals surface area contributed by atoms with E-state index in [9.17, 15) is 0 Å². The van der Waals surface area contributed by atoms with Crippen LogP contribution in [0.15, 0.2) is 48.7 Å². The number of nitrogens with zero attached hydrogens (tertiary/aromatic N) is 1. The summed E-state index contributed by atoms with van der Waals surface area (Å²) in [5, 5.41) is 0. The van der Waals surface area contributed by atoms with Crippen LogP contribution >= 0.6 is 0 Å². The van der Waals surface area contributed by atoms with Gasteiger partial charge in [-0.15, -0.1) is 0 Å². The average molecular weight is 295 g/mol. The van der Waals surface area contributed by atoms with Crippen LogP contribution < -0.4 is 0 Å². The van der Waals surface area contributed by atoms with Crippen molar-refractivity contribution in [1.29, 1.82) is 0 Å². The van der Waals surface area contributed by atoms with Crippen LogP contribution in [0.3, 0.4) is 0 Å². The van der Waals surface area contributed by atoms with Crippen LogP contribution in [-0.4, -0.2) is 4.98 Å². The summed E-state index contributed by atoms with van der Waals surface area (Å²) in [6.45, 7) is 11.5. The molecule has 0 N–H and O–H groups in total. The molecule has 118 valence electrons. The molecule has 1 heteroatoms. The summed E-state index contributed by atoms with van der Waals surface area (Å²) in [5.74, 6) is 0. The van der Waals surface area contributed by atoms with Crippen molar-refractivity contribution in [2.24, 2.45) is 10.8 Å². The first-order valence-electron chi connectivity index (χ1n) is 8.21. The zero-order valence-electron chi connectivity index (χ0n) is 14.7. The van der Waals surface area contributed by atoms with Crippen molar-refractivity contribution in [1.82, 2.24) is 4.98 Å². The normalized spacial score (nSPS) is 12.4. The van der Waals surface area contributed by atoms with E-state index in [0.29, 0.717) is 0 Å². The van der Waals surface area contributed by atoms with E-state index >= 15 is 0 Å². The second-order valence-electron chi connectivity index (χ2n) is 8.40. The van der Waals surface area contributed by atoms with Crippen LogP contribution in [0.5, 0.6) is 0 Å². The summed E-state index contributed by atoms with van der Waals surface area (Å²) in [7, 11) is 0. The molecule has 0 aliphatic rings. The van der Waals surface area contributed by atoms with Crippen molar-refractivity contribution in [3.63, 3.8) is 0 Å². The van der Waals surface area contributed by atoms with Crippen molar-refractivity contribution < 1.29 is 0 Å². The smallest absolute Gasteiger partial charge is 0.0411 e. The minimum atomic E-state index is 0.252. The monoisotopic (exact) mass is 295 g/mol. The number of rotatable bonds is 5. The third-order valence-corrected chi connectivity index (χ3v) is 3.80. The van der Waals surface area contributed by atoms with E-state index in [2.05, 4.69) is 82.1 Å². The van der Waals surface area contributed by atoms with E-state index in [1.165, 1.54) is 16.8 Å². The lowest BCUT2D eigenvalue weighted by molar-refractivity contribution is 0.360. The molecule has 2 aromatic rings. The molecule has 0 aliphatic heterocycles. The maximum absolute atomic E-state index is 4.54. The van der Waals surface area contributed by atoms with E-state index in [1.54, 1.807) is 0 Å². The molecular weight excluding hydrogens is 266 g/mol. The zero-order valence-corrected chi connectivity index (χ0v) is 14.7. The second-order valence-corrected chi connectivity index (χ2v) is 8.40. The number of hydrogen-bond acceptors (Lipinski definition) is 1.